The molecule has 2 N–H and O–H groups in total. The zero-order valence-electron chi connectivity index (χ0n) is 13.4. The molecule has 2 amide bonds. The first-order chi connectivity index (χ1) is 11.5. The van der Waals surface area contributed by atoms with E-state index in [0.29, 0.717) is 16.4 Å². The Morgan fingerprint density at radius 3 is 1.92 bits per heavy atom. The Morgan fingerprint density at radius 2 is 1.46 bits per heavy atom. The number of amides is 2. The normalized spacial score (nSPS) is 15.2. The van der Waals surface area contributed by atoms with Gasteiger partial charge in [0.25, 0.3) is 0 Å². The monoisotopic (exact) mass is 342 g/mol. The first-order valence-electron chi connectivity index (χ1n) is 7.95. The van der Waals surface area contributed by atoms with Crippen molar-refractivity contribution in [1.82, 2.24) is 0 Å². The molecule has 24 heavy (non-hydrogen) atoms. The molecule has 0 aliphatic heterocycles. The van der Waals surface area contributed by atoms with Crippen LogP contribution in [-0.2, 0) is 15.0 Å². The summed E-state index contributed by atoms with van der Waals surface area (Å²) in [5.74, 6) is -0.119. The molecule has 0 radical (unpaired) electrons. The van der Waals surface area contributed by atoms with Crippen molar-refractivity contribution in [2.45, 2.75) is 31.6 Å². The number of carbonyl (C=O) groups excluding carboxylic acids is 2. The van der Waals surface area contributed by atoms with Crippen LogP contribution >= 0.6 is 11.6 Å². The van der Waals surface area contributed by atoms with Gasteiger partial charge in [0.15, 0.2) is 0 Å². The number of halogens is 1. The average Bonchev–Trinajstić information content (AvgIpc) is 2.49. The van der Waals surface area contributed by atoms with Crippen LogP contribution in [0.2, 0.25) is 5.02 Å². The summed E-state index contributed by atoms with van der Waals surface area (Å²) in [5, 5.41) is 6.37. The van der Waals surface area contributed by atoms with Gasteiger partial charge in [0.05, 0.1) is 5.41 Å². The van der Waals surface area contributed by atoms with Crippen LogP contribution in [0.25, 0.3) is 0 Å². The van der Waals surface area contributed by atoms with Crippen molar-refractivity contribution in [1.29, 1.82) is 0 Å². The Hall–Kier alpha value is -2.33. The maximum absolute atomic E-state index is 12.9. The van der Waals surface area contributed by atoms with E-state index >= 15 is 0 Å². The van der Waals surface area contributed by atoms with Gasteiger partial charge >= 0.3 is 0 Å². The molecule has 0 bridgehead atoms. The molecular formula is C19H19ClN2O2. The maximum atomic E-state index is 12.9. The van der Waals surface area contributed by atoms with Crippen molar-refractivity contribution in [3.8, 4) is 0 Å². The Morgan fingerprint density at radius 1 is 0.917 bits per heavy atom. The summed E-state index contributed by atoms with van der Waals surface area (Å²) in [5.41, 5.74) is 1.96. The van der Waals surface area contributed by atoms with E-state index in [9.17, 15) is 9.59 Å². The quantitative estimate of drug-likeness (QED) is 0.867. The summed E-state index contributed by atoms with van der Waals surface area (Å²) >= 11 is 5.95. The number of anilines is 2. The molecule has 0 aromatic heterocycles. The molecule has 1 aliphatic carbocycles. The van der Waals surface area contributed by atoms with Crippen molar-refractivity contribution >= 4 is 34.8 Å². The standard InChI is InChI=1S/C19H19ClN2O2/c1-13(23)21-16-7-9-17(10-8-16)22-18(24)19(11-2-12-19)14-3-5-15(20)6-4-14/h3-10H,2,11-12H2,1H3,(H,21,23)(H,22,24). The van der Waals surface area contributed by atoms with E-state index in [2.05, 4.69) is 10.6 Å². The average molecular weight is 343 g/mol. The summed E-state index contributed by atoms with van der Waals surface area (Å²) < 4.78 is 0. The molecule has 1 aliphatic rings. The highest BCUT2D eigenvalue weighted by Gasteiger charge is 2.45. The Balaban J connectivity index is 1.75. The molecule has 2 aromatic rings. The van der Waals surface area contributed by atoms with E-state index in [1.54, 1.807) is 24.3 Å². The largest absolute Gasteiger partial charge is 0.326 e. The third-order valence-corrected chi connectivity index (χ3v) is 4.75. The Bertz CT molecular complexity index is 750. The summed E-state index contributed by atoms with van der Waals surface area (Å²) in [6.07, 6.45) is 2.71. The Kier molecular flexibility index (Phi) is 4.58. The van der Waals surface area contributed by atoms with Gasteiger partial charge in [0, 0.05) is 23.3 Å². The summed E-state index contributed by atoms with van der Waals surface area (Å²) in [6.45, 7) is 1.46. The van der Waals surface area contributed by atoms with Gasteiger partial charge in [-0.1, -0.05) is 30.2 Å². The third kappa shape index (κ3) is 3.29. The van der Waals surface area contributed by atoms with Gasteiger partial charge in [-0.3, -0.25) is 9.59 Å². The number of hydrogen-bond acceptors (Lipinski definition) is 2. The van der Waals surface area contributed by atoms with Crippen LogP contribution in [0, 0.1) is 0 Å². The van der Waals surface area contributed by atoms with E-state index < -0.39 is 5.41 Å². The molecule has 0 unspecified atom stereocenters. The fourth-order valence-electron chi connectivity index (χ4n) is 3.04. The smallest absolute Gasteiger partial charge is 0.235 e. The van der Waals surface area contributed by atoms with E-state index in [4.69, 9.17) is 11.6 Å². The maximum Gasteiger partial charge on any atom is 0.235 e. The van der Waals surface area contributed by atoms with E-state index in [1.165, 1.54) is 6.92 Å². The van der Waals surface area contributed by atoms with Gasteiger partial charge in [-0.2, -0.15) is 0 Å². The number of carbonyl (C=O) groups is 2. The summed E-state index contributed by atoms with van der Waals surface area (Å²) in [6, 6.07) is 14.6. The van der Waals surface area contributed by atoms with Gasteiger partial charge in [-0.05, 0) is 54.8 Å². The predicted octanol–water partition coefficient (Wildman–Crippen LogP) is 4.36. The molecule has 5 heteroatoms. The fourth-order valence-corrected chi connectivity index (χ4v) is 3.16. The molecule has 1 saturated carbocycles. The molecule has 3 rings (SSSR count). The van der Waals surface area contributed by atoms with Gasteiger partial charge in [-0.25, -0.2) is 0 Å². The first-order valence-corrected chi connectivity index (χ1v) is 8.33. The lowest BCUT2D eigenvalue weighted by Gasteiger charge is -2.40. The molecule has 0 heterocycles. The fraction of sp³-hybridized carbons (Fsp3) is 0.263. The zero-order valence-corrected chi connectivity index (χ0v) is 14.2. The third-order valence-electron chi connectivity index (χ3n) is 4.50. The van der Waals surface area contributed by atoms with Crippen LogP contribution in [0.3, 0.4) is 0 Å². The highest BCUT2D eigenvalue weighted by atomic mass is 35.5. The lowest BCUT2D eigenvalue weighted by Crippen LogP contribution is -2.45. The van der Waals surface area contributed by atoms with Gasteiger partial charge in [0.2, 0.25) is 11.8 Å². The van der Waals surface area contributed by atoms with Crippen LogP contribution in [0.15, 0.2) is 48.5 Å². The minimum Gasteiger partial charge on any atom is -0.326 e. The molecule has 0 saturated heterocycles. The minimum atomic E-state index is -0.471. The lowest BCUT2D eigenvalue weighted by molar-refractivity contribution is -0.124. The van der Waals surface area contributed by atoms with Gasteiger partial charge < -0.3 is 10.6 Å². The van der Waals surface area contributed by atoms with Crippen LogP contribution in [0.4, 0.5) is 11.4 Å². The summed E-state index contributed by atoms with van der Waals surface area (Å²) in [7, 11) is 0. The minimum absolute atomic E-state index is 0.00310. The molecule has 2 aromatic carbocycles. The second-order valence-corrected chi connectivity index (χ2v) is 6.59. The van der Waals surface area contributed by atoms with Crippen molar-refractivity contribution in [2.24, 2.45) is 0 Å². The second-order valence-electron chi connectivity index (χ2n) is 6.16. The summed E-state index contributed by atoms with van der Waals surface area (Å²) in [4.78, 5) is 23.9. The highest BCUT2D eigenvalue weighted by molar-refractivity contribution is 6.30. The lowest BCUT2D eigenvalue weighted by atomic mass is 9.64. The molecule has 4 nitrogen and oxygen atoms in total. The molecular weight excluding hydrogens is 324 g/mol. The van der Waals surface area contributed by atoms with Gasteiger partial charge in [0.1, 0.15) is 0 Å². The van der Waals surface area contributed by atoms with Gasteiger partial charge in [-0.15, -0.1) is 0 Å². The SMILES string of the molecule is CC(=O)Nc1ccc(NC(=O)C2(c3ccc(Cl)cc3)CCC2)cc1. The number of benzene rings is 2. The van der Waals surface area contributed by atoms with Crippen LogP contribution in [0.5, 0.6) is 0 Å². The molecule has 0 atom stereocenters. The topological polar surface area (TPSA) is 58.2 Å². The first kappa shape index (κ1) is 16.5. The number of hydrogen-bond donors (Lipinski definition) is 2. The molecule has 124 valence electrons. The van der Waals surface area contributed by atoms with Crippen molar-refractivity contribution in [3.63, 3.8) is 0 Å². The Labute approximate surface area is 146 Å². The van der Waals surface area contributed by atoms with Crippen LogP contribution in [0.1, 0.15) is 31.7 Å². The number of rotatable bonds is 4. The van der Waals surface area contributed by atoms with E-state index in [1.807, 2.05) is 24.3 Å². The zero-order chi connectivity index (χ0) is 17.2. The molecule has 0 spiro atoms. The molecule has 1 fully saturated rings. The van der Waals surface area contributed by atoms with Crippen LogP contribution < -0.4 is 10.6 Å². The van der Waals surface area contributed by atoms with Crippen molar-refractivity contribution in [3.05, 3.63) is 59.1 Å². The van der Waals surface area contributed by atoms with Crippen molar-refractivity contribution in [2.75, 3.05) is 10.6 Å². The van der Waals surface area contributed by atoms with Crippen LogP contribution in [-0.4, -0.2) is 11.8 Å². The van der Waals surface area contributed by atoms with E-state index in [0.717, 1.165) is 24.8 Å². The number of nitrogens with one attached hydrogen (secondary N) is 2. The second kappa shape index (κ2) is 6.65. The highest BCUT2D eigenvalue weighted by Crippen LogP contribution is 2.44. The van der Waals surface area contributed by atoms with E-state index in [-0.39, 0.29) is 11.8 Å². The predicted molar refractivity (Wildman–Crippen MR) is 96.4 cm³/mol. The van der Waals surface area contributed by atoms with Crippen molar-refractivity contribution < 1.29 is 9.59 Å².